The zero-order valence-corrected chi connectivity index (χ0v) is 16.8. The molecule has 0 atom stereocenters. The highest BCUT2D eigenvalue weighted by Crippen LogP contribution is 2.21. The van der Waals surface area contributed by atoms with Crippen LogP contribution in [-0.4, -0.2) is 21.4 Å². The zero-order valence-electron chi connectivity index (χ0n) is 16.0. The van der Waals surface area contributed by atoms with E-state index in [9.17, 15) is 13.2 Å². The molecule has 3 aromatic rings. The van der Waals surface area contributed by atoms with Gasteiger partial charge in [0, 0.05) is 18.2 Å². The summed E-state index contributed by atoms with van der Waals surface area (Å²) in [6.45, 7) is 0. The number of hydrogen-bond acceptors (Lipinski definition) is 4. The van der Waals surface area contributed by atoms with E-state index in [2.05, 4.69) is 10.0 Å². The van der Waals surface area contributed by atoms with Crippen molar-refractivity contribution >= 4 is 27.3 Å². The molecule has 0 bridgehead atoms. The lowest BCUT2D eigenvalue weighted by molar-refractivity contribution is -0.116. The molecule has 6 nitrogen and oxygen atoms in total. The first-order chi connectivity index (χ1) is 14.0. The van der Waals surface area contributed by atoms with Crippen molar-refractivity contribution in [2.24, 2.45) is 0 Å². The van der Waals surface area contributed by atoms with Crippen LogP contribution in [0.3, 0.4) is 0 Å². The molecule has 0 saturated carbocycles. The summed E-state index contributed by atoms with van der Waals surface area (Å²) >= 11 is 0. The number of aryl methyl sites for hydroxylation is 1. The number of benzene rings is 3. The number of amides is 1. The van der Waals surface area contributed by atoms with Crippen LogP contribution in [0.4, 0.5) is 11.4 Å². The largest absolute Gasteiger partial charge is 0.497 e. The van der Waals surface area contributed by atoms with E-state index >= 15 is 0 Å². The second-order valence-electron chi connectivity index (χ2n) is 6.40. The minimum atomic E-state index is -3.75. The van der Waals surface area contributed by atoms with Gasteiger partial charge in [-0.15, -0.1) is 0 Å². The van der Waals surface area contributed by atoms with E-state index in [1.54, 1.807) is 36.4 Å². The predicted molar refractivity (Wildman–Crippen MR) is 114 cm³/mol. The third-order valence-electron chi connectivity index (χ3n) is 4.25. The summed E-state index contributed by atoms with van der Waals surface area (Å²) in [4.78, 5) is 12.2. The molecular formula is C22H22N2O4S. The Labute approximate surface area is 170 Å². The molecule has 0 aliphatic heterocycles. The van der Waals surface area contributed by atoms with Crippen LogP contribution in [0.1, 0.15) is 12.0 Å². The molecule has 0 aliphatic carbocycles. The minimum Gasteiger partial charge on any atom is -0.497 e. The van der Waals surface area contributed by atoms with Gasteiger partial charge in [-0.05, 0) is 48.4 Å². The number of ether oxygens (including phenoxy) is 1. The maximum absolute atomic E-state index is 12.6. The Morgan fingerprint density at radius 2 is 1.62 bits per heavy atom. The Kier molecular flexibility index (Phi) is 6.51. The number of anilines is 2. The van der Waals surface area contributed by atoms with Crippen molar-refractivity contribution in [3.63, 3.8) is 0 Å². The highest BCUT2D eigenvalue weighted by Gasteiger charge is 2.14. The lowest BCUT2D eigenvalue weighted by Gasteiger charge is -2.10. The van der Waals surface area contributed by atoms with E-state index in [1.807, 2.05) is 30.3 Å². The maximum Gasteiger partial charge on any atom is 0.261 e. The van der Waals surface area contributed by atoms with Crippen LogP contribution in [0, 0.1) is 0 Å². The Morgan fingerprint density at radius 3 is 2.31 bits per heavy atom. The Balaban J connectivity index is 1.60. The number of carbonyl (C=O) groups is 1. The van der Waals surface area contributed by atoms with Crippen LogP contribution in [-0.2, 0) is 21.2 Å². The standard InChI is InChI=1S/C22H22N2O4S/c1-28-20-9-5-8-19(16-20)24-29(26,27)21-13-11-18(12-14-21)23-22(25)15-10-17-6-3-2-4-7-17/h2-9,11-14,16,24H,10,15H2,1H3,(H,23,25). The first-order valence-electron chi connectivity index (χ1n) is 9.07. The van der Waals surface area contributed by atoms with E-state index < -0.39 is 10.0 Å². The third-order valence-corrected chi connectivity index (χ3v) is 5.65. The summed E-state index contributed by atoms with van der Waals surface area (Å²) in [5.41, 5.74) is 2.04. The SMILES string of the molecule is COc1cccc(NS(=O)(=O)c2ccc(NC(=O)CCc3ccccc3)cc2)c1. The first-order valence-corrected chi connectivity index (χ1v) is 10.6. The van der Waals surface area contributed by atoms with E-state index in [0.29, 0.717) is 30.0 Å². The van der Waals surface area contributed by atoms with E-state index in [-0.39, 0.29) is 10.8 Å². The maximum atomic E-state index is 12.6. The van der Waals surface area contributed by atoms with Crippen molar-refractivity contribution in [2.45, 2.75) is 17.7 Å². The molecule has 0 fully saturated rings. The number of rotatable bonds is 8. The summed E-state index contributed by atoms with van der Waals surface area (Å²) < 4.78 is 32.7. The molecule has 3 aromatic carbocycles. The molecule has 0 spiro atoms. The number of sulfonamides is 1. The van der Waals surface area contributed by atoms with Gasteiger partial charge in [0.25, 0.3) is 10.0 Å². The zero-order chi connectivity index (χ0) is 20.7. The van der Waals surface area contributed by atoms with Crippen molar-refractivity contribution in [1.29, 1.82) is 0 Å². The number of methoxy groups -OCH3 is 1. The lowest BCUT2D eigenvalue weighted by Crippen LogP contribution is -2.14. The van der Waals surface area contributed by atoms with Gasteiger partial charge in [0.2, 0.25) is 5.91 Å². The van der Waals surface area contributed by atoms with Crippen molar-refractivity contribution in [2.75, 3.05) is 17.1 Å². The molecule has 1 amide bonds. The van der Waals surface area contributed by atoms with Gasteiger partial charge in [-0.25, -0.2) is 8.42 Å². The molecule has 0 aromatic heterocycles. The van der Waals surface area contributed by atoms with Crippen LogP contribution in [0.25, 0.3) is 0 Å². The van der Waals surface area contributed by atoms with E-state index in [1.165, 1.54) is 19.2 Å². The highest BCUT2D eigenvalue weighted by molar-refractivity contribution is 7.92. The van der Waals surface area contributed by atoms with Gasteiger partial charge in [0.1, 0.15) is 5.75 Å². The Bertz CT molecular complexity index is 1070. The summed E-state index contributed by atoms with van der Waals surface area (Å²) in [5.74, 6) is 0.428. The van der Waals surface area contributed by atoms with Crippen molar-refractivity contribution in [3.05, 3.63) is 84.4 Å². The van der Waals surface area contributed by atoms with Gasteiger partial charge in [-0.1, -0.05) is 36.4 Å². The first kappa shape index (κ1) is 20.4. The molecule has 0 aliphatic rings. The van der Waals surface area contributed by atoms with Crippen molar-refractivity contribution < 1.29 is 17.9 Å². The van der Waals surface area contributed by atoms with Gasteiger partial charge >= 0.3 is 0 Å². The summed E-state index contributed by atoms with van der Waals surface area (Å²) in [6, 6.07) is 22.5. The topological polar surface area (TPSA) is 84.5 Å². The average molecular weight is 410 g/mol. The highest BCUT2D eigenvalue weighted by atomic mass is 32.2. The van der Waals surface area contributed by atoms with E-state index in [0.717, 1.165) is 5.56 Å². The summed E-state index contributed by atoms with van der Waals surface area (Å²) in [6.07, 6.45) is 0.991. The molecule has 3 rings (SSSR count). The molecule has 0 saturated heterocycles. The monoisotopic (exact) mass is 410 g/mol. The second-order valence-corrected chi connectivity index (χ2v) is 8.08. The minimum absolute atomic E-state index is 0.0996. The Morgan fingerprint density at radius 1 is 0.897 bits per heavy atom. The van der Waals surface area contributed by atoms with Crippen molar-refractivity contribution in [1.82, 2.24) is 0 Å². The normalized spacial score (nSPS) is 10.9. The molecule has 29 heavy (non-hydrogen) atoms. The summed E-state index contributed by atoms with van der Waals surface area (Å²) in [7, 11) is -2.23. The fourth-order valence-electron chi connectivity index (χ4n) is 2.74. The van der Waals surface area contributed by atoms with Crippen LogP contribution < -0.4 is 14.8 Å². The quantitative estimate of drug-likeness (QED) is 0.586. The molecule has 2 N–H and O–H groups in total. The lowest BCUT2D eigenvalue weighted by atomic mass is 10.1. The fraction of sp³-hybridized carbons (Fsp3) is 0.136. The summed E-state index contributed by atoms with van der Waals surface area (Å²) in [5, 5.41) is 2.78. The van der Waals surface area contributed by atoms with Gasteiger partial charge in [-0.2, -0.15) is 0 Å². The molecule has 0 heterocycles. The number of hydrogen-bond donors (Lipinski definition) is 2. The van der Waals surface area contributed by atoms with Gasteiger partial charge in [-0.3, -0.25) is 9.52 Å². The van der Waals surface area contributed by atoms with Gasteiger partial charge in [0.15, 0.2) is 0 Å². The molecule has 0 unspecified atom stereocenters. The van der Waals surface area contributed by atoms with Crippen LogP contribution in [0.2, 0.25) is 0 Å². The van der Waals surface area contributed by atoms with Gasteiger partial charge in [0.05, 0.1) is 17.7 Å². The average Bonchev–Trinajstić information content (AvgIpc) is 2.73. The number of carbonyl (C=O) groups excluding carboxylic acids is 1. The van der Waals surface area contributed by atoms with Crippen LogP contribution in [0.5, 0.6) is 5.75 Å². The van der Waals surface area contributed by atoms with Crippen LogP contribution >= 0.6 is 0 Å². The number of nitrogens with one attached hydrogen (secondary N) is 2. The van der Waals surface area contributed by atoms with E-state index in [4.69, 9.17) is 4.74 Å². The molecule has 7 heteroatoms. The second kappa shape index (κ2) is 9.25. The third kappa shape index (κ3) is 5.83. The smallest absolute Gasteiger partial charge is 0.261 e. The predicted octanol–water partition coefficient (Wildman–Crippen LogP) is 4.07. The molecular weight excluding hydrogens is 388 g/mol. The molecule has 150 valence electrons. The van der Waals surface area contributed by atoms with Crippen LogP contribution in [0.15, 0.2) is 83.8 Å². The fourth-order valence-corrected chi connectivity index (χ4v) is 3.79. The van der Waals surface area contributed by atoms with Crippen molar-refractivity contribution in [3.8, 4) is 5.75 Å². The Hall–Kier alpha value is -3.32. The van der Waals surface area contributed by atoms with Gasteiger partial charge < -0.3 is 10.1 Å². The molecule has 0 radical (unpaired) electrons.